The van der Waals surface area contributed by atoms with Gasteiger partial charge in [0.2, 0.25) is 0 Å². The first-order chi connectivity index (χ1) is 3.72. The molecular formula is C5H13NS2. The van der Waals surface area contributed by atoms with Gasteiger partial charge < -0.3 is 0 Å². The summed E-state index contributed by atoms with van der Waals surface area (Å²) in [6, 6.07) is 0.560. The molecule has 0 saturated carbocycles. The highest BCUT2D eigenvalue weighted by atomic mass is 32.1. The van der Waals surface area contributed by atoms with Crippen LogP contribution in [0, 0.1) is 0 Å². The zero-order valence-corrected chi connectivity index (χ0v) is 7.12. The third-order valence-electron chi connectivity index (χ3n) is 1.09. The first-order valence-electron chi connectivity index (χ1n) is 2.68. The average Bonchev–Trinajstić information content (AvgIpc) is 1.69. The number of rotatable bonds is 3. The second-order valence-corrected chi connectivity index (χ2v) is 2.53. The normalized spacial score (nSPS) is 11.2. The Labute approximate surface area is 62.3 Å². The fourth-order valence-corrected chi connectivity index (χ4v) is 1.38. The largest absolute Gasteiger partial charge is 0.283 e. The molecule has 0 bridgehead atoms. The van der Waals surface area contributed by atoms with Crippen LogP contribution in [0.4, 0.5) is 0 Å². The van der Waals surface area contributed by atoms with Gasteiger partial charge in [0.1, 0.15) is 0 Å². The van der Waals surface area contributed by atoms with Gasteiger partial charge in [-0.05, 0) is 13.8 Å². The van der Waals surface area contributed by atoms with Crippen molar-refractivity contribution in [1.29, 1.82) is 0 Å². The molecule has 0 aromatic rings. The maximum absolute atomic E-state index is 4.11. The van der Waals surface area contributed by atoms with Gasteiger partial charge in [-0.1, -0.05) is 0 Å². The van der Waals surface area contributed by atoms with E-state index >= 15 is 0 Å². The van der Waals surface area contributed by atoms with E-state index in [2.05, 4.69) is 44.0 Å². The number of hydrogen-bond acceptors (Lipinski definition) is 3. The Morgan fingerprint density at radius 1 is 1.25 bits per heavy atom. The summed E-state index contributed by atoms with van der Waals surface area (Å²) in [7, 11) is 0. The van der Waals surface area contributed by atoms with Crippen LogP contribution in [0.3, 0.4) is 0 Å². The number of hydrogen-bond donors (Lipinski definition) is 2. The van der Waals surface area contributed by atoms with Crippen molar-refractivity contribution in [1.82, 2.24) is 4.90 Å². The highest BCUT2D eigenvalue weighted by molar-refractivity contribution is 7.81. The zero-order valence-electron chi connectivity index (χ0n) is 5.33. The van der Waals surface area contributed by atoms with Crippen molar-refractivity contribution in [3.05, 3.63) is 0 Å². The van der Waals surface area contributed by atoms with Gasteiger partial charge in [-0.2, -0.15) is 25.3 Å². The molecule has 0 fully saturated rings. The summed E-state index contributed by atoms with van der Waals surface area (Å²) < 4.78 is 0. The molecule has 0 rings (SSSR count). The predicted octanol–water partition coefficient (Wildman–Crippen LogP) is 1.47. The Kier molecular flexibility index (Phi) is 4.90. The van der Waals surface area contributed by atoms with E-state index in [0.29, 0.717) is 6.04 Å². The van der Waals surface area contributed by atoms with Crippen molar-refractivity contribution >= 4 is 25.3 Å². The van der Waals surface area contributed by atoms with Crippen LogP contribution in [0.25, 0.3) is 0 Å². The minimum absolute atomic E-state index is 0.560. The summed E-state index contributed by atoms with van der Waals surface area (Å²) >= 11 is 8.22. The van der Waals surface area contributed by atoms with Gasteiger partial charge in [0.25, 0.3) is 0 Å². The average molecular weight is 151 g/mol. The molecule has 0 aliphatic rings. The maximum atomic E-state index is 4.11. The molecule has 0 saturated heterocycles. The van der Waals surface area contributed by atoms with Gasteiger partial charge in [-0.25, -0.2) is 0 Å². The molecule has 0 atom stereocenters. The summed E-state index contributed by atoms with van der Waals surface area (Å²) in [4.78, 5) is 2.15. The molecule has 0 aromatic carbocycles. The van der Waals surface area contributed by atoms with E-state index in [1.165, 1.54) is 0 Å². The minimum Gasteiger partial charge on any atom is -0.283 e. The second-order valence-electron chi connectivity index (χ2n) is 1.97. The second kappa shape index (κ2) is 4.53. The van der Waals surface area contributed by atoms with Crippen LogP contribution in [-0.4, -0.2) is 22.7 Å². The van der Waals surface area contributed by atoms with Gasteiger partial charge in [-0.3, -0.25) is 4.90 Å². The minimum atomic E-state index is 0.560. The first-order valence-corrected chi connectivity index (χ1v) is 3.94. The smallest absolute Gasteiger partial charge is 0.0425 e. The van der Waals surface area contributed by atoms with E-state index < -0.39 is 0 Å². The highest BCUT2D eigenvalue weighted by Gasteiger charge is 2.01. The SMILES string of the molecule is CC(C)N(CS)CS. The van der Waals surface area contributed by atoms with Crippen LogP contribution in [0.1, 0.15) is 13.8 Å². The third kappa shape index (κ3) is 2.84. The van der Waals surface area contributed by atoms with E-state index in [9.17, 15) is 0 Å². The van der Waals surface area contributed by atoms with Crippen LogP contribution in [0.5, 0.6) is 0 Å². The lowest BCUT2D eigenvalue weighted by molar-refractivity contribution is 0.310. The molecule has 8 heavy (non-hydrogen) atoms. The molecule has 0 N–H and O–H groups in total. The van der Waals surface area contributed by atoms with Crippen LogP contribution in [0.2, 0.25) is 0 Å². The van der Waals surface area contributed by atoms with Gasteiger partial charge in [0.05, 0.1) is 0 Å². The molecule has 0 aromatic heterocycles. The molecule has 0 aliphatic carbocycles. The van der Waals surface area contributed by atoms with Crippen molar-refractivity contribution in [3.8, 4) is 0 Å². The Hall–Kier alpha value is 0.660. The van der Waals surface area contributed by atoms with Crippen molar-refractivity contribution in [2.24, 2.45) is 0 Å². The number of nitrogens with zero attached hydrogens (tertiary/aromatic N) is 1. The Morgan fingerprint density at radius 2 is 1.62 bits per heavy atom. The van der Waals surface area contributed by atoms with Gasteiger partial charge in [0.15, 0.2) is 0 Å². The van der Waals surface area contributed by atoms with Crippen LogP contribution in [0.15, 0.2) is 0 Å². The molecule has 0 spiro atoms. The van der Waals surface area contributed by atoms with E-state index in [4.69, 9.17) is 0 Å². The Bertz CT molecular complexity index is 52.4. The summed E-state index contributed by atoms with van der Waals surface area (Å²) in [5.41, 5.74) is 0. The Morgan fingerprint density at radius 3 is 1.62 bits per heavy atom. The molecule has 0 amide bonds. The molecule has 0 heterocycles. The fourth-order valence-electron chi connectivity index (χ4n) is 0.371. The van der Waals surface area contributed by atoms with Crippen molar-refractivity contribution in [2.75, 3.05) is 11.8 Å². The monoisotopic (exact) mass is 151 g/mol. The van der Waals surface area contributed by atoms with Crippen molar-refractivity contribution in [2.45, 2.75) is 19.9 Å². The lowest BCUT2D eigenvalue weighted by Crippen LogP contribution is -2.28. The maximum Gasteiger partial charge on any atom is 0.0425 e. The lowest BCUT2D eigenvalue weighted by atomic mass is 10.4. The van der Waals surface area contributed by atoms with Crippen LogP contribution >= 0.6 is 25.3 Å². The predicted molar refractivity (Wildman–Crippen MR) is 44.7 cm³/mol. The molecule has 3 heteroatoms. The van der Waals surface area contributed by atoms with Gasteiger partial charge in [-0.15, -0.1) is 0 Å². The summed E-state index contributed by atoms with van der Waals surface area (Å²) in [6.45, 7) is 4.26. The molecule has 1 nitrogen and oxygen atoms in total. The molecule has 0 unspecified atom stereocenters. The summed E-state index contributed by atoms with van der Waals surface area (Å²) in [5.74, 6) is 1.59. The standard InChI is InChI=1S/C5H13NS2/c1-5(2)6(3-7)4-8/h5,7-8H,3-4H2,1-2H3. The van der Waals surface area contributed by atoms with E-state index in [1.54, 1.807) is 0 Å². The molecule has 0 radical (unpaired) electrons. The zero-order chi connectivity index (χ0) is 6.57. The van der Waals surface area contributed by atoms with E-state index in [0.717, 1.165) is 11.8 Å². The number of thiol groups is 2. The van der Waals surface area contributed by atoms with Crippen molar-refractivity contribution < 1.29 is 0 Å². The Balaban J connectivity index is 3.35. The third-order valence-corrected chi connectivity index (χ3v) is 1.82. The van der Waals surface area contributed by atoms with E-state index in [1.807, 2.05) is 0 Å². The fraction of sp³-hybridized carbons (Fsp3) is 1.00. The van der Waals surface area contributed by atoms with Crippen molar-refractivity contribution in [3.63, 3.8) is 0 Å². The molecule has 50 valence electrons. The quantitative estimate of drug-likeness (QED) is 0.456. The lowest BCUT2D eigenvalue weighted by Gasteiger charge is -2.20. The first kappa shape index (κ1) is 8.66. The highest BCUT2D eigenvalue weighted by Crippen LogP contribution is 1.99. The summed E-state index contributed by atoms with van der Waals surface area (Å²) in [5, 5.41) is 0. The molecule has 0 aliphatic heterocycles. The van der Waals surface area contributed by atoms with Crippen LogP contribution in [-0.2, 0) is 0 Å². The molecular weight excluding hydrogens is 138 g/mol. The summed E-state index contributed by atoms with van der Waals surface area (Å²) in [6.07, 6.45) is 0. The van der Waals surface area contributed by atoms with E-state index in [-0.39, 0.29) is 0 Å². The van der Waals surface area contributed by atoms with Gasteiger partial charge >= 0.3 is 0 Å². The van der Waals surface area contributed by atoms with Gasteiger partial charge in [0, 0.05) is 17.8 Å². The van der Waals surface area contributed by atoms with Crippen LogP contribution < -0.4 is 0 Å². The topological polar surface area (TPSA) is 3.24 Å².